The minimum Gasteiger partial charge on any atom is -0.309 e. The molecule has 0 radical (unpaired) electrons. The van der Waals surface area contributed by atoms with E-state index in [0.717, 1.165) is 44.0 Å². The number of sulfone groups is 1. The quantitative estimate of drug-likeness (QED) is 0.735. The molecular formula is C23H33N5O3S. The number of amides is 1. The minimum atomic E-state index is -2.88. The van der Waals surface area contributed by atoms with E-state index in [1.54, 1.807) is 4.68 Å². The third-order valence-corrected chi connectivity index (χ3v) is 8.00. The summed E-state index contributed by atoms with van der Waals surface area (Å²) < 4.78 is 25.3. The van der Waals surface area contributed by atoms with Gasteiger partial charge in [-0.2, -0.15) is 5.10 Å². The van der Waals surface area contributed by atoms with Crippen molar-refractivity contribution in [3.63, 3.8) is 0 Å². The van der Waals surface area contributed by atoms with Gasteiger partial charge in [0.25, 0.3) is 0 Å². The monoisotopic (exact) mass is 459 g/mol. The molecule has 0 aliphatic carbocycles. The number of rotatable bonds is 5. The zero-order chi connectivity index (χ0) is 22.9. The molecule has 32 heavy (non-hydrogen) atoms. The first kappa shape index (κ1) is 22.9. The van der Waals surface area contributed by atoms with Crippen LogP contribution in [0.3, 0.4) is 0 Å². The summed E-state index contributed by atoms with van der Waals surface area (Å²) in [5.41, 5.74) is 1.68. The van der Waals surface area contributed by atoms with Crippen molar-refractivity contribution in [3.8, 4) is 5.69 Å². The molecule has 3 heterocycles. The lowest BCUT2D eigenvalue weighted by molar-refractivity contribution is -0.117. The lowest BCUT2D eigenvalue weighted by Crippen LogP contribution is -2.52. The van der Waals surface area contributed by atoms with Crippen molar-refractivity contribution >= 4 is 21.6 Å². The maximum Gasteiger partial charge on any atom is 0.239 e. The highest BCUT2D eigenvalue weighted by Gasteiger charge is 2.34. The number of anilines is 1. The molecule has 0 unspecified atom stereocenters. The summed E-state index contributed by atoms with van der Waals surface area (Å²) in [6.07, 6.45) is 0.725. The molecule has 9 heteroatoms. The van der Waals surface area contributed by atoms with Crippen molar-refractivity contribution in [2.24, 2.45) is 0 Å². The van der Waals surface area contributed by atoms with Crippen LogP contribution in [0.2, 0.25) is 0 Å². The number of carbonyl (C=O) groups is 1. The summed E-state index contributed by atoms with van der Waals surface area (Å²) in [5, 5.41) is 7.80. The number of nitrogens with zero attached hydrogens (tertiary/aromatic N) is 4. The second-order valence-corrected chi connectivity index (χ2v) is 12.1. The van der Waals surface area contributed by atoms with Crippen LogP contribution in [0.1, 0.15) is 32.9 Å². The highest BCUT2D eigenvalue weighted by Crippen LogP contribution is 2.26. The van der Waals surface area contributed by atoms with Crippen LogP contribution in [0.15, 0.2) is 36.4 Å². The van der Waals surface area contributed by atoms with Gasteiger partial charge < -0.3 is 5.32 Å². The Kier molecular flexibility index (Phi) is 6.42. The Balaban J connectivity index is 1.38. The summed E-state index contributed by atoms with van der Waals surface area (Å²) in [6, 6.07) is 11.9. The Hall–Kier alpha value is -2.23. The van der Waals surface area contributed by atoms with E-state index in [4.69, 9.17) is 5.10 Å². The van der Waals surface area contributed by atoms with Crippen LogP contribution < -0.4 is 5.32 Å². The molecule has 1 atom stereocenters. The van der Waals surface area contributed by atoms with Crippen molar-refractivity contribution in [3.05, 3.63) is 42.1 Å². The van der Waals surface area contributed by atoms with Crippen LogP contribution in [0.4, 0.5) is 5.82 Å². The van der Waals surface area contributed by atoms with Gasteiger partial charge in [-0.15, -0.1) is 0 Å². The fourth-order valence-electron chi connectivity index (χ4n) is 4.34. The van der Waals surface area contributed by atoms with E-state index in [9.17, 15) is 13.2 Å². The number of hydrogen-bond donors (Lipinski definition) is 1. The Morgan fingerprint density at radius 2 is 1.81 bits per heavy atom. The van der Waals surface area contributed by atoms with Gasteiger partial charge in [0, 0.05) is 43.7 Å². The molecule has 2 aliphatic heterocycles. The van der Waals surface area contributed by atoms with E-state index in [1.165, 1.54) is 0 Å². The van der Waals surface area contributed by atoms with Gasteiger partial charge in [-0.25, -0.2) is 13.1 Å². The first-order valence-electron chi connectivity index (χ1n) is 11.2. The van der Waals surface area contributed by atoms with Crippen LogP contribution in [-0.2, 0) is 20.0 Å². The molecule has 0 saturated carbocycles. The third-order valence-electron chi connectivity index (χ3n) is 6.24. The second-order valence-electron chi connectivity index (χ2n) is 9.83. The van der Waals surface area contributed by atoms with Gasteiger partial charge in [0.15, 0.2) is 9.84 Å². The fourth-order valence-corrected chi connectivity index (χ4v) is 6.10. The maximum atomic E-state index is 12.9. The maximum absolute atomic E-state index is 12.9. The number of nitrogens with one attached hydrogen (secondary N) is 1. The molecule has 2 fully saturated rings. The van der Waals surface area contributed by atoms with Crippen LogP contribution in [0, 0.1) is 0 Å². The molecule has 4 rings (SSSR count). The predicted molar refractivity (Wildman–Crippen MR) is 126 cm³/mol. The largest absolute Gasteiger partial charge is 0.309 e. The summed E-state index contributed by atoms with van der Waals surface area (Å²) in [5.74, 6) is 1.17. The molecule has 0 bridgehead atoms. The first-order chi connectivity index (χ1) is 15.1. The van der Waals surface area contributed by atoms with Crippen LogP contribution in [-0.4, -0.2) is 84.2 Å². The van der Waals surface area contributed by atoms with Gasteiger partial charge in [0.2, 0.25) is 5.91 Å². The predicted octanol–water partition coefficient (Wildman–Crippen LogP) is 1.91. The zero-order valence-electron chi connectivity index (χ0n) is 19.1. The molecule has 2 aliphatic rings. The molecule has 1 aromatic heterocycles. The number of piperazine rings is 1. The van der Waals surface area contributed by atoms with Gasteiger partial charge in [-0.1, -0.05) is 39.0 Å². The SMILES string of the molecule is CC(C)(C)c1cc(NC(=O)CN2CCN([C@@H]3CCS(=O)(=O)C3)CC2)n(-c2ccccc2)n1. The second kappa shape index (κ2) is 8.96. The van der Waals surface area contributed by atoms with Crippen molar-refractivity contribution in [2.45, 2.75) is 38.6 Å². The van der Waals surface area contributed by atoms with Crippen LogP contribution >= 0.6 is 0 Å². The van der Waals surface area contributed by atoms with Gasteiger partial charge in [-0.05, 0) is 18.6 Å². The van der Waals surface area contributed by atoms with Gasteiger partial charge in [-0.3, -0.25) is 14.6 Å². The topological polar surface area (TPSA) is 87.5 Å². The van der Waals surface area contributed by atoms with E-state index >= 15 is 0 Å². The summed E-state index contributed by atoms with van der Waals surface area (Å²) in [6.45, 7) is 9.72. The average Bonchev–Trinajstić information content (AvgIpc) is 3.32. The van der Waals surface area contributed by atoms with Gasteiger partial charge >= 0.3 is 0 Å². The standard InChI is InChI=1S/C23H33N5O3S/c1-23(2,3)20-15-21(28(25-20)18-7-5-4-6-8-18)24-22(29)16-26-10-12-27(13-11-26)19-9-14-32(30,31)17-19/h4-8,15,19H,9-14,16-17H2,1-3H3,(H,24,29)/t19-/m1/s1. The van der Waals surface area contributed by atoms with E-state index in [-0.39, 0.29) is 23.1 Å². The number of para-hydroxylation sites is 1. The van der Waals surface area contributed by atoms with Gasteiger partial charge in [0.05, 0.1) is 29.4 Å². The highest BCUT2D eigenvalue weighted by atomic mass is 32.2. The molecule has 8 nitrogen and oxygen atoms in total. The van der Waals surface area contributed by atoms with E-state index in [2.05, 4.69) is 35.9 Å². The summed E-state index contributed by atoms with van der Waals surface area (Å²) >= 11 is 0. The smallest absolute Gasteiger partial charge is 0.239 e. The molecule has 1 N–H and O–H groups in total. The first-order valence-corrected chi connectivity index (χ1v) is 13.1. The van der Waals surface area contributed by atoms with Crippen molar-refractivity contribution in [1.29, 1.82) is 0 Å². The normalized spacial score (nSPS) is 22.2. The molecule has 2 saturated heterocycles. The lowest BCUT2D eigenvalue weighted by atomic mass is 9.92. The third kappa shape index (κ3) is 5.39. The van der Waals surface area contributed by atoms with E-state index in [0.29, 0.717) is 18.1 Å². The van der Waals surface area contributed by atoms with E-state index < -0.39 is 9.84 Å². The average molecular weight is 460 g/mol. The van der Waals surface area contributed by atoms with Crippen molar-refractivity contribution in [2.75, 3.05) is 49.5 Å². The van der Waals surface area contributed by atoms with E-state index in [1.807, 2.05) is 36.4 Å². The molecule has 0 spiro atoms. The Morgan fingerprint density at radius 1 is 1.12 bits per heavy atom. The number of hydrogen-bond acceptors (Lipinski definition) is 6. The molecule has 2 aromatic rings. The number of aromatic nitrogens is 2. The molecular weight excluding hydrogens is 426 g/mol. The summed E-state index contributed by atoms with van der Waals surface area (Å²) in [4.78, 5) is 17.3. The van der Waals surface area contributed by atoms with Crippen LogP contribution in [0.5, 0.6) is 0 Å². The summed E-state index contributed by atoms with van der Waals surface area (Å²) in [7, 11) is -2.88. The number of benzene rings is 1. The molecule has 1 amide bonds. The van der Waals surface area contributed by atoms with Gasteiger partial charge in [0.1, 0.15) is 5.82 Å². The Labute approximate surface area is 190 Å². The lowest BCUT2D eigenvalue weighted by Gasteiger charge is -2.37. The zero-order valence-corrected chi connectivity index (χ0v) is 19.9. The number of carbonyl (C=O) groups excluding carboxylic acids is 1. The fraction of sp³-hybridized carbons (Fsp3) is 0.565. The van der Waals surface area contributed by atoms with Crippen LogP contribution in [0.25, 0.3) is 5.69 Å². The highest BCUT2D eigenvalue weighted by molar-refractivity contribution is 7.91. The Morgan fingerprint density at radius 3 is 2.41 bits per heavy atom. The minimum absolute atomic E-state index is 0.0700. The molecule has 174 valence electrons. The Bertz CT molecular complexity index is 1050. The van der Waals surface area contributed by atoms with Crippen molar-refractivity contribution < 1.29 is 13.2 Å². The molecule has 1 aromatic carbocycles. The van der Waals surface area contributed by atoms with Crippen molar-refractivity contribution in [1.82, 2.24) is 19.6 Å².